The van der Waals surface area contributed by atoms with Crippen molar-refractivity contribution in [3.8, 4) is 0 Å². The lowest BCUT2D eigenvalue weighted by Crippen LogP contribution is -2.27. The molecule has 1 amide bonds. The number of aromatic nitrogens is 3. The molecule has 0 bridgehead atoms. The van der Waals surface area contributed by atoms with E-state index in [2.05, 4.69) is 15.5 Å². The standard InChI is InChI=1S/C11H14N4O/c1-3-10(16)12-8(2)11-14-13-9-6-4-5-7-15(9)11/h4-8H,3H2,1-2H3,(H,12,16). The number of fused-ring (bicyclic) bond motifs is 1. The SMILES string of the molecule is CCC(=O)NC(C)c1nnc2ccccn12. The van der Waals surface area contributed by atoms with Gasteiger partial charge < -0.3 is 5.32 Å². The van der Waals surface area contributed by atoms with Crippen molar-refractivity contribution in [1.29, 1.82) is 0 Å². The molecule has 1 atom stereocenters. The van der Waals surface area contributed by atoms with Crippen molar-refractivity contribution in [2.24, 2.45) is 0 Å². The van der Waals surface area contributed by atoms with Crippen LogP contribution >= 0.6 is 0 Å². The van der Waals surface area contributed by atoms with Crippen molar-refractivity contribution in [3.05, 3.63) is 30.2 Å². The van der Waals surface area contributed by atoms with Crippen LogP contribution in [0.4, 0.5) is 0 Å². The summed E-state index contributed by atoms with van der Waals surface area (Å²) in [5.41, 5.74) is 0.787. The summed E-state index contributed by atoms with van der Waals surface area (Å²) < 4.78 is 1.88. The lowest BCUT2D eigenvalue weighted by molar-refractivity contribution is -0.121. The molecule has 0 fully saturated rings. The fourth-order valence-corrected chi connectivity index (χ4v) is 1.56. The predicted molar refractivity (Wildman–Crippen MR) is 59.8 cm³/mol. The largest absolute Gasteiger partial charge is 0.346 e. The molecule has 2 rings (SSSR count). The van der Waals surface area contributed by atoms with Gasteiger partial charge in [0.05, 0.1) is 6.04 Å². The van der Waals surface area contributed by atoms with E-state index < -0.39 is 0 Å². The third kappa shape index (κ3) is 1.88. The van der Waals surface area contributed by atoms with Gasteiger partial charge in [-0.25, -0.2) is 0 Å². The normalized spacial score (nSPS) is 12.6. The van der Waals surface area contributed by atoms with Crippen LogP contribution in [0.5, 0.6) is 0 Å². The van der Waals surface area contributed by atoms with Gasteiger partial charge in [-0.1, -0.05) is 13.0 Å². The molecule has 0 radical (unpaired) electrons. The van der Waals surface area contributed by atoms with E-state index in [1.54, 1.807) is 0 Å². The van der Waals surface area contributed by atoms with E-state index in [4.69, 9.17) is 0 Å². The Balaban J connectivity index is 2.29. The first kappa shape index (κ1) is 10.6. The molecule has 2 aromatic rings. The number of nitrogens with one attached hydrogen (secondary N) is 1. The summed E-state index contributed by atoms with van der Waals surface area (Å²) in [6.45, 7) is 3.72. The van der Waals surface area contributed by atoms with E-state index in [0.29, 0.717) is 6.42 Å². The first-order chi connectivity index (χ1) is 7.72. The zero-order valence-corrected chi connectivity index (χ0v) is 9.34. The van der Waals surface area contributed by atoms with Gasteiger partial charge in [0.1, 0.15) is 0 Å². The van der Waals surface area contributed by atoms with Gasteiger partial charge in [-0.15, -0.1) is 10.2 Å². The van der Waals surface area contributed by atoms with Crippen LogP contribution in [0.2, 0.25) is 0 Å². The Labute approximate surface area is 93.5 Å². The minimum Gasteiger partial charge on any atom is -0.346 e. The maximum Gasteiger partial charge on any atom is 0.220 e. The molecule has 0 aliphatic carbocycles. The van der Waals surface area contributed by atoms with Crippen LogP contribution in [0.25, 0.3) is 5.65 Å². The molecule has 0 aromatic carbocycles. The van der Waals surface area contributed by atoms with Gasteiger partial charge in [-0.3, -0.25) is 9.20 Å². The van der Waals surface area contributed by atoms with Crippen molar-refractivity contribution < 1.29 is 4.79 Å². The van der Waals surface area contributed by atoms with Crippen LogP contribution in [0.1, 0.15) is 32.1 Å². The number of carbonyl (C=O) groups excluding carboxylic acids is 1. The Morgan fingerprint density at radius 3 is 3.06 bits per heavy atom. The Kier molecular flexibility index (Phi) is 2.85. The molecule has 5 nitrogen and oxygen atoms in total. The number of carbonyl (C=O) groups is 1. The van der Waals surface area contributed by atoms with Crippen LogP contribution in [-0.4, -0.2) is 20.5 Å². The van der Waals surface area contributed by atoms with Gasteiger partial charge in [0.25, 0.3) is 0 Å². The van der Waals surface area contributed by atoms with Crippen molar-refractivity contribution in [2.45, 2.75) is 26.3 Å². The number of pyridine rings is 1. The highest BCUT2D eigenvalue weighted by molar-refractivity contribution is 5.75. The molecule has 16 heavy (non-hydrogen) atoms. The van der Waals surface area contributed by atoms with E-state index in [0.717, 1.165) is 11.5 Å². The lowest BCUT2D eigenvalue weighted by Gasteiger charge is -2.11. The first-order valence-corrected chi connectivity index (χ1v) is 5.31. The zero-order valence-electron chi connectivity index (χ0n) is 9.34. The Hall–Kier alpha value is -1.91. The van der Waals surface area contributed by atoms with Gasteiger partial charge in [-0.05, 0) is 19.1 Å². The third-order valence-corrected chi connectivity index (χ3v) is 2.43. The molecular formula is C11H14N4O. The maximum atomic E-state index is 11.3. The summed E-state index contributed by atoms with van der Waals surface area (Å²) in [6.07, 6.45) is 2.36. The Bertz CT molecular complexity index is 505. The molecule has 2 aromatic heterocycles. The number of hydrogen-bond donors (Lipinski definition) is 1. The van der Waals surface area contributed by atoms with Crippen LogP contribution in [-0.2, 0) is 4.79 Å². The van der Waals surface area contributed by atoms with E-state index in [1.807, 2.05) is 42.6 Å². The summed E-state index contributed by atoms with van der Waals surface area (Å²) in [7, 11) is 0. The average molecular weight is 218 g/mol. The molecule has 0 saturated heterocycles. The second-order valence-corrected chi connectivity index (χ2v) is 3.63. The van der Waals surface area contributed by atoms with E-state index >= 15 is 0 Å². The molecule has 1 N–H and O–H groups in total. The first-order valence-electron chi connectivity index (χ1n) is 5.31. The van der Waals surface area contributed by atoms with Gasteiger partial charge in [-0.2, -0.15) is 0 Å². The number of amides is 1. The van der Waals surface area contributed by atoms with Crippen LogP contribution in [0.3, 0.4) is 0 Å². The summed E-state index contributed by atoms with van der Waals surface area (Å²) in [5, 5.41) is 11.0. The van der Waals surface area contributed by atoms with Crippen molar-refractivity contribution in [1.82, 2.24) is 19.9 Å². The van der Waals surface area contributed by atoms with Crippen molar-refractivity contribution >= 4 is 11.6 Å². The third-order valence-electron chi connectivity index (χ3n) is 2.43. The molecule has 2 heterocycles. The molecule has 84 valence electrons. The fourth-order valence-electron chi connectivity index (χ4n) is 1.56. The quantitative estimate of drug-likeness (QED) is 0.845. The van der Waals surface area contributed by atoms with E-state index in [9.17, 15) is 4.79 Å². The number of nitrogens with zero attached hydrogens (tertiary/aromatic N) is 3. The highest BCUT2D eigenvalue weighted by atomic mass is 16.1. The molecule has 0 saturated carbocycles. The van der Waals surface area contributed by atoms with E-state index in [-0.39, 0.29) is 11.9 Å². The second kappa shape index (κ2) is 4.30. The topological polar surface area (TPSA) is 59.3 Å². The van der Waals surface area contributed by atoms with E-state index in [1.165, 1.54) is 0 Å². The van der Waals surface area contributed by atoms with Crippen LogP contribution < -0.4 is 5.32 Å². The van der Waals surface area contributed by atoms with Crippen LogP contribution in [0, 0.1) is 0 Å². The lowest BCUT2D eigenvalue weighted by atomic mass is 10.3. The molecular weight excluding hydrogens is 204 g/mol. The van der Waals surface area contributed by atoms with Crippen LogP contribution in [0.15, 0.2) is 24.4 Å². The monoisotopic (exact) mass is 218 g/mol. The fraction of sp³-hybridized carbons (Fsp3) is 0.364. The van der Waals surface area contributed by atoms with Crippen molar-refractivity contribution in [3.63, 3.8) is 0 Å². The number of hydrogen-bond acceptors (Lipinski definition) is 3. The maximum absolute atomic E-state index is 11.3. The minimum atomic E-state index is -0.134. The summed E-state index contributed by atoms with van der Waals surface area (Å²) in [4.78, 5) is 11.3. The molecule has 0 aliphatic rings. The predicted octanol–water partition coefficient (Wildman–Crippen LogP) is 1.32. The summed E-state index contributed by atoms with van der Waals surface area (Å²) in [5.74, 6) is 0.762. The minimum absolute atomic E-state index is 0.0141. The highest BCUT2D eigenvalue weighted by Gasteiger charge is 2.14. The highest BCUT2D eigenvalue weighted by Crippen LogP contribution is 2.11. The van der Waals surface area contributed by atoms with Gasteiger partial charge in [0, 0.05) is 12.6 Å². The second-order valence-electron chi connectivity index (χ2n) is 3.63. The Morgan fingerprint density at radius 1 is 1.50 bits per heavy atom. The van der Waals surface area contributed by atoms with Crippen molar-refractivity contribution in [2.75, 3.05) is 0 Å². The molecule has 5 heteroatoms. The number of rotatable bonds is 3. The zero-order chi connectivity index (χ0) is 11.5. The van der Waals surface area contributed by atoms with Gasteiger partial charge in [0.2, 0.25) is 5.91 Å². The molecule has 0 spiro atoms. The summed E-state index contributed by atoms with van der Waals surface area (Å²) >= 11 is 0. The summed E-state index contributed by atoms with van der Waals surface area (Å²) in [6, 6.07) is 5.56. The smallest absolute Gasteiger partial charge is 0.220 e. The van der Waals surface area contributed by atoms with Gasteiger partial charge >= 0.3 is 0 Å². The Morgan fingerprint density at radius 2 is 2.31 bits per heavy atom. The van der Waals surface area contributed by atoms with Gasteiger partial charge in [0.15, 0.2) is 11.5 Å². The average Bonchev–Trinajstić information content (AvgIpc) is 2.72. The molecule has 0 aliphatic heterocycles. The molecule has 1 unspecified atom stereocenters.